The number of amides is 3. The topological polar surface area (TPSA) is 166 Å². The van der Waals surface area contributed by atoms with Gasteiger partial charge in [-0.2, -0.15) is 10.2 Å². The number of aromatic nitrogens is 7. The number of piperidine rings is 1. The first kappa shape index (κ1) is 42.2. The standard InChI is InChI=1S/C47H57F2N11O5/c1-55(30-12-15-47(16-13-30)20-28(21-47)18-29-4-3-5-36-41(29)56(2)46(64)60(36)37-10-11-39(61)53-45(37)63)23-27-6-8-31(9-7-27)59-25-35(40(54-59)42(48)49)51-44(62)34-22-50-58-17-14-38(52-43(34)58)57-24-33-19-32(57)26-65-33/h3-5,14,17,22,25,27-28,30-33,37,42H,6-13,15-16,18-21,23-24,26H2,1-2H3,(H,51,62)(H,53,61,63)/t27-,28?,30?,31-,32-,33-,37?,47?/m1/s1. The number of imide groups is 1. The molecule has 2 N–H and O–H groups in total. The second kappa shape index (κ2) is 16.4. The van der Waals surface area contributed by atoms with E-state index in [-0.39, 0.29) is 47.5 Å². The van der Waals surface area contributed by atoms with Crippen LogP contribution in [0.15, 0.2) is 47.7 Å². The molecule has 65 heavy (non-hydrogen) atoms. The molecule has 16 nitrogen and oxygen atoms in total. The number of fused-ring (bicyclic) bond motifs is 4. The number of carbonyl (C=O) groups is 3. The van der Waals surface area contributed by atoms with Crippen molar-refractivity contribution in [3.05, 3.63) is 70.2 Å². The second-order valence-electron chi connectivity index (χ2n) is 20.1. The predicted molar refractivity (Wildman–Crippen MR) is 237 cm³/mol. The molecule has 0 radical (unpaired) electrons. The number of halogens is 2. The lowest BCUT2D eigenvalue weighted by atomic mass is 9.54. The van der Waals surface area contributed by atoms with Crippen molar-refractivity contribution >= 4 is 45.9 Å². The molecule has 3 atom stereocenters. The summed E-state index contributed by atoms with van der Waals surface area (Å²) in [6, 6.07) is 7.95. The Bertz CT molecular complexity index is 2720. The van der Waals surface area contributed by atoms with E-state index in [9.17, 15) is 28.0 Å². The monoisotopic (exact) mass is 893 g/mol. The van der Waals surface area contributed by atoms with Gasteiger partial charge in [-0.3, -0.25) is 33.5 Å². The molecule has 2 bridgehead atoms. The third-order valence-corrected chi connectivity index (χ3v) is 16.0. The highest BCUT2D eigenvalue weighted by atomic mass is 19.3. The van der Waals surface area contributed by atoms with Gasteiger partial charge >= 0.3 is 5.69 Å². The molecule has 6 fully saturated rings. The number of nitrogens with zero attached hydrogens (tertiary/aromatic N) is 9. The molecule has 3 saturated carbocycles. The Balaban J connectivity index is 0.664. The summed E-state index contributed by atoms with van der Waals surface area (Å²) in [6.45, 7) is 2.40. The normalized spacial score (nSPS) is 29.1. The maximum Gasteiger partial charge on any atom is 0.329 e. The molecule has 18 heteroatoms. The maximum absolute atomic E-state index is 14.4. The van der Waals surface area contributed by atoms with Crippen molar-refractivity contribution in [1.29, 1.82) is 0 Å². The Morgan fingerprint density at radius 1 is 1.03 bits per heavy atom. The van der Waals surface area contributed by atoms with Gasteiger partial charge in [-0.05, 0) is 125 Å². The van der Waals surface area contributed by atoms with Crippen molar-refractivity contribution in [1.82, 2.24) is 43.7 Å². The van der Waals surface area contributed by atoms with Crippen LogP contribution in [0.25, 0.3) is 16.7 Å². The summed E-state index contributed by atoms with van der Waals surface area (Å²) in [4.78, 5) is 61.1. The van der Waals surface area contributed by atoms with Gasteiger partial charge in [-0.25, -0.2) is 23.1 Å². The van der Waals surface area contributed by atoms with E-state index in [2.05, 4.69) is 43.7 Å². The average Bonchev–Trinajstić information content (AvgIpc) is 4.14. The number of para-hydroxylation sites is 1. The molecular formula is C47H57F2N11O5. The molecule has 6 aliphatic rings. The lowest BCUT2D eigenvalue weighted by Crippen LogP contribution is -2.46. The van der Waals surface area contributed by atoms with Gasteiger partial charge in [-0.15, -0.1) is 0 Å². The molecule has 1 spiro atoms. The molecule has 7 heterocycles. The summed E-state index contributed by atoms with van der Waals surface area (Å²) in [5, 5.41) is 13.7. The number of hydrogen-bond donors (Lipinski definition) is 2. The van der Waals surface area contributed by atoms with Crippen LogP contribution >= 0.6 is 0 Å². The van der Waals surface area contributed by atoms with E-state index < -0.39 is 30.0 Å². The van der Waals surface area contributed by atoms with Gasteiger partial charge in [-0.1, -0.05) is 12.1 Å². The number of anilines is 2. The Kier molecular flexibility index (Phi) is 10.7. The highest BCUT2D eigenvalue weighted by Crippen LogP contribution is 2.56. The van der Waals surface area contributed by atoms with Crippen LogP contribution in [0.5, 0.6) is 0 Å². The third kappa shape index (κ3) is 7.63. The zero-order chi connectivity index (χ0) is 44.7. The Hall–Kier alpha value is -5.49. The number of ether oxygens (including phenoxy) is 1. The van der Waals surface area contributed by atoms with Crippen molar-refractivity contribution in [3.63, 3.8) is 0 Å². The van der Waals surface area contributed by atoms with Gasteiger partial charge in [0.05, 0.1) is 47.7 Å². The number of rotatable bonds is 11. The van der Waals surface area contributed by atoms with Gasteiger partial charge in [0.15, 0.2) is 11.3 Å². The van der Waals surface area contributed by atoms with E-state index in [1.54, 1.807) is 33.3 Å². The van der Waals surface area contributed by atoms with E-state index in [4.69, 9.17) is 9.72 Å². The molecule has 3 amide bonds. The van der Waals surface area contributed by atoms with Crippen LogP contribution in [-0.4, -0.2) is 101 Å². The summed E-state index contributed by atoms with van der Waals surface area (Å²) in [5.41, 5.74) is 3.07. The van der Waals surface area contributed by atoms with Crippen LogP contribution in [0.4, 0.5) is 20.3 Å². The number of morpholine rings is 1. The van der Waals surface area contributed by atoms with Crippen LogP contribution in [0.2, 0.25) is 0 Å². The number of aryl methyl sites for hydroxylation is 1. The van der Waals surface area contributed by atoms with Gasteiger partial charge in [0.25, 0.3) is 12.3 Å². The van der Waals surface area contributed by atoms with Crippen molar-refractivity contribution in [2.45, 2.75) is 127 Å². The van der Waals surface area contributed by atoms with Crippen LogP contribution in [0.3, 0.4) is 0 Å². The zero-order valence-electron chi connectivity index (χ0n) is 37.0. The maximum atomic E-state index is 14.4. The quantitative estimate of drug-likeness (QED) is 0.151. The van der Waals surface area contributed by atoms with Crippen LogP contribution in [0.1, 0.15) is 124 Å². The number of hydrogen-bond acceptors (Lipinski definition) is 10. The molecule has 1 unspecified atom stereocenters. The summed E-state index contributed by atoms with van der Waals surface area (Å²) >= 11 is 0. The van der Waals surface area contributed by atoms with Crippen molar-refractivity contribution in [3.8, 4) is 0 Å². The Labute approximate surface area is 374 Å². The molecule has 11 rings (SSSR count). The summed E-state index contributed by atoms with van der Waals surface area (Å²) in [7, 11) is 4.03. The van der Waals surface area contributed by atoms with Crippen molar-refractivity contribution in [2.24, 2.45) is 24.3 Å². The first-order valence-corrected chi connectivity index (χ1v) is 23.5. The molecule has 3 saturated heterocycles. The van der Waals surface area contributed by atoms with Crippen LogP contribution in [0, 0.1) is 17.3 Å². The lowest BCUT2D eigenvalue weighted by Gasteiger charge is -2.53. The number of nitrogens with one attached hydrogen (secondary N) is 2. The summed E-state index contributed by atoms with van der Waals surface area (Å²) in [6.07, 6.45) is 15.3. The van der Waals surface area contributed by atoms with E-state index in [1.165, 1.54) is 49.2 Å². The van der Waals surface area contributed by atoms with E-state index in [1.807, 2.05) is 18.2 Å². The molecular weight excluding hydrogens is 837 g/mol. The van der Waals surface area contributed by atoms with Gasteiger partial charge in [0, 0.05) is 45.0 Å². The number of imidazole rings is 1. The van der Waals surface area contributed by atoms with E-state index in [0.717, 1.165) is 74.0 Å². The fourth-order valence-electron chi connectivity index (χ4n) is 12.6. The largest absolute Gasteiger partial charge is 0.374 e. The predicted octanol–water partition coefficient (Wildman–Crippen LogP) is 5.97. The van der Waals surface area contributed by atoms with Crippen molar-refractivity contribution in [2.75, 3.05) is 37.0 Å². The van der Waals surface area contributed by atoms with Gasteiger partial charge < -0.3 is 19.9 Å². The van der Waals surface area contributed by atoms with E-state index >= 15 is 0 Å². The summed E-state index contributed by atoms with van der Waals surface area (Å²) in [5.74, 6) is 0.537. The van der Waals surface area contributed by atoms with Crippen LogP contribution < -0.4 is 21.2 Å². The molecule has 4 aromatic heterocycles. The number of alkyl halides is 2. The number of carbonyl (C=O) groups excluding carboxylic acids is 3. The Morgan fingerprint density at radius 3 is 2.55 bits per heavy atom. The lowest BCUT2D eigenvalue weighted by molar-refractivity contribution is -0.135. The van der Waals surface area contributed by atoms with E-state index in [0.29, 0.717) is 42.0 Å². The highest BCUT2D eigenvalue weighted by molar-refractivity contribution is 6.08. The third-order valence-electron chi connectivity index (χ3n) is 16.0. The second-order valence-corrected chi connectivity index (χ2v) is 20.1. The fourth-order valence-corrected chi connectivity index (χ4v) is 12.6. The molecule has 3 aliphatic heterocycles. The SMILES string of the molecule is CN(C[C@H]1CC[C@H](n2cc(NC(=O)c3cnn4ccc(N5C[C@H]6C[C@@H]5CO6)nc34)c(C(F)F)n2)CC1)C1CCC2(CC1)CC(Cc1cccc3c1n(C)c(=O)n3C1CCC(=O)NC1=O)C2. The first-order valence-electron chi connectivity index (χ1n) is 23.5. The number of benzene rings is 1. The zero-order valence-corrected chi connectivity index (χ0v) is 37.0. The Morgan fingerprint density at radius 2 is 1.83 bits per heavy atom. The van der Waals surface area contributed by atoms with Gasteiger partial charge in [0.2, 0.25) is 11.8 Å². The highest BCUT2D eigenvalue weighted by Gasteiger charge is 2.47. The minimum absolute atomic E-state index is 0.00950. The summed E-state index contributed by atoms with van der Waals surface area (Å²) < 4.78 is 40.9. The molecule has 3 aliphatic carbocycles. The average molecular weight is 894 g/mol. The molecule has 5 aromatic rings. The molecule has 1 aromatic carbocycles. The minimum Gasteiger partial charge on any atom is -0.374 e. The fraction of sp³-hybridized carbons (Fsp3) is 0.596. The van der Waals surface area contributed by atoms with Crippen LogP contribution in [-0.2, 0) is 27.8 Å². The molecule has 344 valence electrons. The minimum atomic E-state index is -2.85. The van der Waals surface area contributed by atoms with Crippen molar-refractivity contribution < 1.29 is 27.9 Å². The van der Waals surface area contributed by atoms with Gasteiger partial charge in [0.1, 0.15) is 17.4 Å². The first-order chi connectivity index (χ1) is 31.4. The smallest absolute Gasteiger partial charge is 0.329 e.